The first kappa shape index (κ1) is 14.5. The third kappa shape index (κ3) is 2.81. The lowest BCUT2D eigenvalue weighted by molar-refractivity contribution is -0.164. The van der Waals surface area contributed by atoms with E-state index in [1.807, 2.05) is 0 Å². The molecule has 1 rings (SSSR count). The van der Waals surface area contributed by atoms with Crippen molar-refractivity contribution in [3.05, 3.63) is 34.6 Å². The van der Waals surface area contributed by atoms with Gasteiger partial charge in [0.25, 0.3) is 0 Å². The highest BCUT2D eigenvalue weighted by Crippen LogP contribution is 2.27. The maximum absolute atomic E-state index is 13.4. The van der Waals surface area contributed by atoms with Crippen LogP contribution in [0.3, 0.4) is 0 Å². The van der Waals surface area contributed by atoms with Gasteiger partial charge in [0.2, 0.25) is 5.78 Å². The van der Waals surface area contributed by atoms with Gasteiger partial charge in [0.05, 0.1) is 11.6 Å². The Morgan fingerprint density at radius 3 is 2.50 bits per heavy atom. The van der Waals surface area contributed by atoms with Crippen LogP contribution in [0.25, 0.3) is 0 Å². The third-order valence-electron chi connectivity index (χ3n) is 1.99. The van der Waals surface area contributed by atoms with Crippen LogP contribution in [0.2, 0.25) is 5.02 Å². The second-order valence-electron chi connectivity index (χ2n) is 3.25. The fourth-order valence-corrected chi connectivity index (χ4v) is 1.41. The number of ether oxygens (including phenoxy) is 1. The SMILES string of the molecule is CCOC(=O)C(F)(F)C(=O)c1ccc(F)cc1Cl. The number of halogens is 4. The van der Waals surface area contributed by atoms with Crippen molar-refractivity contribution in [2.45, 2.75) is 12.8 Å². The van der Waals surface area contributed by atoms with Crippen LogP contribution in [0, 0.1) is 5.82 Å². The number of hydrogen-bond donors (Lipinski definition) is 0. The summed E-state index contributed by atoms with van der Waals surface area (Å²) in [5.41, 5.74) is -0.642. The van der Waals surface area contributed by atoms with E-state index < -0.39 is 34.1 Å². The van der Waals surface area contributed by atoms with E-state index in [2.05, 4.69) is 4.74 Å². The van der Waals surface area contributed by atoms with E-state index in [1.54, 1.807) is 0 Å². The van der Waals surface area contributed by atoms with E-state index in [0.717, 1.165) is 12.1 Å². The van der Waals surface area contributed by atoms with Gasteiger partial charge in [0.15, 0.2) is 0 Å². The number of alkyl halides is 2. The quantitative estimate of drug-likeness (QED) is 0.484. The van der Waals surface area contributed by atoms with Crippen molar-refractivity contribution in [2.75, 3.05) is 6.61 Å². The number of benzene rings is 1. The summed E-state index contributed by atoms with van der Waals surface area (Å²) in [4.78, 5) is 22.4. The van der Waals surface area contributed by atoms with Crippen molar-refractivity contribution in [3.8, 4) is 0 Å². The molecule has 1 aromatic rings. The number of rotatable bonds is 4. The summed E-state index contributed by atoms with van der Waals surface area (Å²) in [5, 5.41) is -0.496. The molecule has 0 aromatic heterocycles. The molecule has 0 saturated heterocycles. The first-order valence-corrected chi connectivity index (χ1v) is 5.23. The Hall–Kier alpha value is -1.56. The van der Waals surface area contributed by atoms with Crippen LogP contribution in [-0.2, 0) is 9.53 Å². The van der Waals surface area contributed by atoms with Gasteiger partial charge >= 0.3 is 11.9 Å². The molecule has 98 valence electrons. The summed E-state index contributed by atoms with van der Waals surface area (Å²) in [6.07, 6.45) is 0. The van der Waals surface area contributed by atoms with E-state index in [0.29, 0.717) is 6.07 Å². The first-order chi connectivity index (χ1) is 8.30. The predicted molar refractivity (Wildman–Crippen MR) is 57.3 cm³/mol. The maximum Gasteiger partial charge on any atom is 0.404 e. The topological polar surface area (TPSA) is 43.4 Å². The van der Waals surface area contributed by atoms with Gasteiger partial charge in [0.1, 0.15) is 5.82 Å². The predicted octanol–water partition coefficient (Wildman–Crippen LogP) is 2.86. The van der Waals surface area contributed by atoms with Crippen molar-refractivity contribution in [2.24, 2.45) is 0 Å². The number of esters is 1. The van der Waals surface area contributed by atoms with Gasteiger partial charge < -0.3 is 4.74 Å². The van der Waals surface area contributed by atoms with Crippen LogP contribution in [-0.4, -0.2) is 24.3 Å². The molecule has 0 heterocycles. The van der Waals surface area contributed by atoms with Gasteiger partial charge in [-0.1, -0.05) is 11.6 Å². The molecule has 0 aliphatic rings. The van der Waals surface area contributed by atoms with Crippen molar-refractivity contribution in [1.82, 2.24) is 0 Å². The Morgan fingerprint density at radius 1 is 1.39 bits per heavy atom. The maximum atomic E-state index is 13.4. The van der Waals surface area contributed by atoms with Gasteiger partial charge in [-0.25, -0.2) is 9.18 Å². The monoisotopic (exact) mass is 280 g/mol. The molecule has 7 heteroatoms. The number of Topliss-reactive ketones (excluding diaryl/α,β-unsaturated/α-hetero) is 1. The second-order valence-corrected chi connectivity index (χ2v) is 3.66. The van der Waals surface area contributed by atoms with E-state index in [-0.39, 0.29) is 6.61 Å². The molecule has 0 atom stereocenters. The molecule has 0 amide bonds. The van der Waals surface area contributed by atoms with E-state index in [4.69, 9.17) is 11.6 Å². The zero-order valence-corrected chi connectivity index (χ0v) is 9.93. The first-order valence-electron chi connectivity index (χ1n) is 4.85. The smallest absolute Gasteiger partial charge is 0.404 e. The number of hydrogen-bond acceptors (Lipinski definition) is 3. The molecule has 0 N–H and O–H groups in total. The normalized spacial score (nSPS) is 11.2. The summed E-state index contributed by atoms with van der Waals surface area (Å²) in [6.45, 7) is 1.03. The third-order valence-corrected chi connectivity index (χ3v) is 2.31. The highest BCUT2D eigenvalue weighted by atomic mass is 35.5. The molecule has 1 aromatic carbocycles. The minimum Gasteiger partial charge on any atom is -0.461 e. The standard InChI is InChI=1S/C11H8ClF3O3/c1-2-18-10(17)11(14,15)9(16)7-4-3-6(13)5-8(7)12/h3-5H,2H2,1H3. The van der Waals surface area contributed by atoms with E-state index in [9.17, 15) is 22.8 Å². The van der Waals surface area contributed by atoms with Gasteiger partial charge in [-0.05, 0) is 25.1 Å². The average Bonchev–Trinajstić information content (AvgIpc) is 2.28. The Kier molecular flexibility index (Phi) is 4.34. The van der Waals surface area contributed by atoms with Gasteiger partial charge in [-0.3, -0.25) is 4.79 Å². The van der Waals surface area contributed by atoms with Crippen LogP contribution >= 0.6 is 11.6 Å². The molecule has 0 aliphatic heterocycles. The van der Waals surface area contributed by atoms with Gasteiger partial charge in [-0.2, -0.15) is 8.78 Å². The summed E-state index contributed by atoms with van der Waals surface area (Å²) in [6, 6.07) is 2.28. The summed E-state index contributed by atoms with van der Waals surface area (Å²) in [5.74, 6) is -8.92. The molecule has 0 radical (unpaired) electrons. The summed E-state index contributed by atoms with van der Waals surface area (Å²) < 4.78 is 43.6. The Bertz CT molecular complexity index is 488. The highest BCUT2D eigenvalue weighted by molar-refractivity contribution is 6.35. The Balaban J connectivity index is 3.09. The molecular weight excluding hydrogens is 273 g/mol. The van der Waals surface area contributed by atoms with Gasteiger partial charge in [0, 0.05) is 5.56 Å². The lowest BCUT2D eigenvalue weighted by atomic mass is 10.1. The summed E-state index contributed by atoms with van der Waals surface area (Å²) >= 11 is 5.47. The summed E-state index contributed by atoms with van der Waals surface area (Å²) in [7, 11) is 0. The molecule has 0 fully saturated rings. The average molecular weight is 281 g/mol. The Morgan fingerprint density at radius 2 is 2.00 bits per heavy atom. The second kappa shape index (κ2) is 5.39. The van der Waals surface area contributed by atoms with E-state index >= 15 is 0 Å². The van der Waals surface area contributed by atoms with Crippen LogP contribution in [0.15, 0.2) is 18.2 Å². The van der Waals surface area contributed by atoms with Gasteiger partial charge in [-0.15, -0.1) is 0 Å². The van der Waals surface area contributed by atoms with Crippen LogP contribution < -0.4 is 0 Å². The van der Waals surface area contributed by atoms with Crippen LogP contribution in [0.1, 0.15) is 17.3 Å². The van der Waals surface area contributed by atoms with Crippen LogP contribution in [0.5, 0.6) is 0 Å². The molecule has 0 aliphatic carbocycles. The zero-order valence-electron chi connectivity index (χ0n) is 9.18. The molecule has 0 saturated carbocycles. The van der Waals surface area contributed by atoms with Crippen molar-refractivity contribution < 1.29 is 27.5 Å². The minimum atomic E-state index is -4.35. The highest BCUT2D eigenvalue weighted by Gasteiger charge is 2.49. The minimum absolute atomic E-state index is 0.293. The molecular formula is C11H8ClF3O3. The van der Waals surface area contributed by atoms with Crippen LogP contribution in [0.4, 0.5) is 13.2 Å². The number of ketones is 1. The molecule has 18 heavy (non-hydrogen) atoms. The largest absolute Gasteiger partial charge is 0.461 e. The lowest BCUT2D eigenvalue weighted by Crippen LogP contribution is -2.39. The molecule has 0 unspecified atom stereocenters. The van der Waals surface area contributed by atoms with Crippen molar-refractivity contribution in [3.63, 3.8) is 0 Å². The number of carbonyl (C=O) groups is 2. The molecule has 3 nitrogen and oxygen atoms in total. The molecule has 0 bridgehead atoms. The number of carbonyl (C=O) groups excluding carboxylic acids is 2. The fraction of sp³-hybridized carbons (Fsp3) is 0.273. The van der Waals surface area contributed by atoms with Crippen molar-refractivity contribution >= 4 is 23.4 Å². The lowest BCUT2D eigenvalue weighted by Gasteiger charge is -2.14. The van der Waals surface area contributed by atoms with Crippen molar-refractivity contribution in [1.29, 1.82) is 0 Å². The molecule has 0 spiro atoms. The Labute approximate surface area is 105 Å². The zero-order chi connectivity index (χ0) is 13.9. The van der Waals surface area contributed by atoms with E-state index in [1.165, 1.54) is 6.92 Å². The fourth-order valence-electron chi connectivity index (χ4n) is 1.16.